The van der Waals surface area contributed by atoms with Crippen LogP contribution in [0.1, 0.15) is 27.7 Å². The second-order valence-electron chi connectivity index (χ2n) is 7.33. The van der Waals surface area contributed by atoms with Crippen LogP contribution in [0.2, 0.25) is 0 Å². The molecule has 0 aromatic heterocycles. The summed E-state index contributed by atoms with van der Waals surface area (Å²) in [6.07, 6.45) is 1.22. The Morgan fingerprint density at radius 3 is 2.29 bits per heavy atom. The molecule has 1 saturated carbocycles. The van der Waals surface area contributed by atoms with Gasteiger partial charge in [-0.1, -0.05) is 35.9 Å². The fourth-order valence-corrected chi connectivity index (χ4v) is 6.15. The maximum Gasteiger partial charge on any atom is 0.410 e. The van der Waals surface area contributed by atoms with E-state index < -0.39 is 38.9 Å². The number of carbonyl (C=O) groups is 1. The maximum absolute atomic E-state index is 16.6. The van der Waals surface area contributed by atoms with Gasteiger partial charge in [-0.05, 0) is 45.4 Å². The molecule has 28 heavy (non-hydrogen) atoms. The van der Waals surface area contributed by atoms with Gasteiger partial charge in [-0.3, -0.25) is 0 Å². The van der Waals surface area contributed by atoms with E-state index in [0.717, 1.165) is 5.57 Å². The van der Waals surface area contributed by atoms with Crippen molar-refractivity contribution in [2.75, 3.05) is 13.1 Å². The van der Waals surface area contributed by atoms with Gasteiger partial charge in [-0.2, -0.15) is 0 Å². The summed E-state index contributed by atoms with van der Waals surface area (Å²) in [7, 11) is -4.42. The molecule has 2 aliphatic rings. The molecule has 1 aromatic rings. The van der Waals surface area contributed by atoms with Crippen LogP contribution in [0.15, 0.2) is 58.5 Å². The van der Waals surface area contributed by atoms with Gasteiger partial charge in [0.25, 0.3) is 5.00 Å². The molecule has 3 rings (SSSR count). The van der Waals surface area contributed by atoms with Gasteiger partial charge in [0, 0.05) is 19.0 Å². The van der Waals surface area contributed by atoms with Gasteiger partial charge in [-0.15, -0.1) is 0 Å². The minimum atomic E-state index is -4.42. The molecule has 7 heteroatoms. The molecule has 0 unspecified atom stereocenters. The summed E-state index contributed by atoms with van der Waals surface area (Å²) < 4.78 is 48.9. The summed E-state index contributed by atoms with van der Waals surface area (Å²) in [5.74, 6) is -1.56. The van der Waals surface area contributed by atoms with Gasteiger partial charge < -0.3 is 9.64 Å². The van der Waals surface area contributed by atoms with Crippen molar-refractivity contribution >= 4 is 15.9 Å². The van der Waals surface area contributed by atoms with Crippen molar-refractivity contribution in [3.05, 3.63) is 53.6 Å². The number of rotatable bonds is 5. The fourth-order valence-electron chi connectivity index (χ4n) is 4.24. The first-order valence-electron chi connectivity index (χ1n) is 9.49. The summed E-state index contributed by atoms with van der Waals surface area (Å²) in [4.78, 5) is 13.9. The van der Waals surface area contributed by atoms with Crippen molar-refractivity contribution in [1.29, 1.82) is 0 Å². The van der Waals surface area contributed by atoms with E-state index in [4.69, 9.17) is 4.74 Å². The van der Waals surface area contributed by atoms with Crippen molar-refractivity contribution in [2.24, 2.45) is 11.8 Å². The summed E-state index contributed by atoms with van der Waals surface area (Å²) in [5.41, 5.74) is 1.52. The van der Waals surface area contributed by atoms with Crippen LogP contribution in [-0.4, -0.2) is 43.6 Å². The van der Waals surface area contributed by atoms with Crippen LogP contribution in [0.25, 0.3) is 0 Å². The van der Waals surface area contributed by atoms with Crippen molar-refractivity contribution in [2.45, 2.75) is 43.7 Å². The normalized spacial score (nSPS) is 28.5. The Morgan fingerprint density at radius 1 is 1.14 bits per heavy atom. The van der Waals surface area contributed by atoms with Crippen LogP contribution in [0.4, 0.5) is 9.18 Å². The second-order valence-corrected chi connectivity index (χ2v) is 9.44. The van der Waals surface area contributed by atoms with E-state index in [-0.39, 0.29) is 4.90 Å². The number of hydrogen-bond acceptors (Lipinski definition) is 4. The average Bonchev–Trinajstić information content (AvgIpc) is 3.20. The lowest BCUT2D eigenvalue weighted by Crippen LogP contribution is -2.51. The molecule has 0 saturated heterocycles. The van der Waals surface area contributed by atoms with E-state index >= 15 is 4.39 Å². The molecule has 0 spiro atoms. The number of nitrogens with zero attached hydrogens (tertiary/aromatic N) is 1. The molecule has 1 fully saturated rings. The van der Waals surface area contributed by atoms with Gasteiger partial charge in [0.2, 0.25) is 9.84 Å². The Bertz CT molecular complexity index is 917. The maximum atomic E-state index is 16.6. The lowest BCUT2D eigenvalue weighted by Gasteiger charge is -2.34. The molecule has 2 bridgehead atoms. The van der Waals surface area contributed by atoms with Gasteiger partial charge in [0.15, 0.2) is 6.10 Å². The van der Waals surface area contributed by atoms with Crippen LogP contribution >= 0.6 is 0 Å². The minimum Gasteiger partial charge on any atom is -0.440 e. The number of hydrogen-bond donors (Lipinski definition) is 0. The summed E-state index contributed by atoms with van der Waals surface area (Å²) >= 11 is 0. The van der Waals surface area contributed by atoms with E-state index in [2.05, 4.69) is 0 Å². The number of fused-ring (bicyclic) bond motifs is 2. The Labute approximate surface area is 165 Å². The Kier molecular flexibility index (Phi) is 5.40. The van der Waals surface area contributed by atoms with Crippen molar-refractivity contribution in [3.8, 4) is 0 Å². The molecule has 0 heterocycles. The lowest BCUT2D eigenvalue weighted by atomic mass is 9.99. The van der Waals surface area contributed by atoms with Gasteiger partial charge in [0.1, 0.15) is 0 Å². The molecular formula is C21H26FNO4S. The largest absolute Gasteiger partial charge is 0.440 e. The van der Waals surface area contributed by atoms with E-state index in [0.29, 0.717) is 18.7 Å². The van der Waals surface area contributed by atoms with Crippen LogP contribution in [0.3, 0.4) is 0 Å². The number of amides is 1. The zero-order chi connectivity index (χ0) is 20.7. The molecule has 5 nitrogen and oxygen atoms in total. The zero-order valence-electron chi connectivity index (χ0n) is 16.6. The van der Waals surface area contributed by atoms with Crippen LogP contribution in [0, 0.1) is 11.8 Å². The first kappa shape index (κ1) is 20.6. The molecule has 0 radical (unpaired) electrons. The first-order chi connectivity index (χ1) is 13.2. The summed E-state index contributed by atoms with van der Waals surface area (Å²) in [6.45, 7) is 8.02. The predicted octanol–water partition coefficient (Wildman–Crippen LogP) is 4.13. The van der Waals surface area contributed by atoms with Crippen molar-refractivity contribution in [3.63, 3.8) is 0 Å². The minimum absolute atomic E-state index is 0.115. The lowest BCUT2D eigenvalue weighted by molar-refractivity contribution is 0.000537. The van der Waals surface area contributed by atoms with Crippen LogP contribution < -0.4 is 0 Å². The van der Waals surface area contributed by atoms with E-state index in [1.54, 1.807) is 44.2 Å². The smallest absolute Gasteiger partial charge is 0.410 e. The Hall–Kier alpha value is -2.15. The molecule has 152 valence electrons. The Morgan fingerprint density at radius 2 is 1.75 bits per heavy atom. The SMILES string of the molecule is CCN(CC)C(=O)O[C@@H]1[C@@H]2C=C[C@@H](C2=C(C)C)[C@]1(F)S(=O)(=O)c1ccccc1. The quantitative estimate of drug-likeness (QED) is 0.689. The summed E-state index contributed by atoms with van der Waals surface area (Å²) in [5, 5.41) is -2.75. The zero-order valence-corrected chi connectivity index (χ0v) is 17.4. The Balaban J connectivity index is 2.12. The second kappa shape index (κ2) is 7.35. The predicted molar refractivity (Wildman–Crippen MR) is 105 cm³/mol. The molecule has 2 aliphatic carbocycles. The highest BCUT2D eigenvalue weighted by molar-refractivity contribution is 7.92. The molecule has 0 N–H and O–H groups in total. The molecule has 4 atom stereocenters. The number of carbonyl (C=O) groups excluding carboxylic acids is 1. The van der Waals surface area contributed by atoms with E-state index in [1.807, 2.05) is 13.8 Å². The fraction of sp³-hybridized carbons (Fsp3) is 0.476. The number of ether oxygens (including phenoxy) is 1. The standard InChI is InChI=1S/C21H26FNO4S/c1-5-23(6-2)20(24)27-19-16-12-13-17(18(16)14(3)4)21(19,22)28(25,26)15-10-8-7-9-11-15/h7-13,16-17,19H,5-6H2,1-4H3/t16-,17+,19-,21+/m1/s1. The third-order valence-corrected chi connectivity index (χ3v) is 7.84. The van der Waals surface area contributed by atoms with Crippen LogP contribution in [0.5, 0.6) is 0 Å². The first-order valence-corrected chi connectivity index (χ1v) is 11.0. The van der Waals surface area contributed by atoms with E-state index in [9.17, 15) is 13.2 Å². The number of alkyl halides is 1. The highest BCUT2D eigenvalue weighted by Crippen LogP contribution is 2.58. The number of halogens is 1. The highest BCUT2D eigenvalue weighted by atomic mass is 32.2. The number of allylic oxidation sites excluding steroid dienone is 2. The van der Waals surface area contributed by atoms with E-state index in [1.165, 1.54) is 17.0 Å². The van der Waals surface area contributed by atoms with Crippen LogP contribution in [-0.2, 0) is 14.6 Å². The molecule has 1 amide bonds. The third kappa shape index (κ3) is 2.87. The highest BCUT2D eigenvalue weighted by Gasteiger charge is 2.69. The molecule has 1 aromatic carbocycles. The molecule has 0 aliphatic heterocycles. The number of sulfone groups is 1. The topological polar surface area (TPSA) is 63.7 Å². The van der Waals surface area contributed by atoms with Gasteiger partial charge >= 0.3 is 6.09 Å². The average molecular weight is 408 g/mol. The van der Waals surface area contributed by atoms with Gasteiger partial charge in [-0.25, -0.2) is 17.6 Å². The monoisotopic (exact) mass is 407 g/mol. The summed E-state index contributed by atoms with van der Waals surface area (Å²) in [6, 6.07) is 7.52. The third-order valence-electron chi connectivity index (χ3n) is 5.64. The van der Waals surface area contributed by atoms with Gasteiger partial charge in [0.05, 0.1) is 10.8 Å². The number of benzene rings is 1. The molecular weight excluding hydrogens is 381 g/mol. The van der Waals surface area contributed by atoms with Crippen molar-refractivity contribution in [1.82, 2.24) is 4.90 Å². The van der Waals surface area contributed by atoms with Crippen molar-refractivity contribution < 1.29 is 22.3 Å².